The van der Waals surface area contributed by atoms with Crippen molar-refractivity contribution in [3.8, 4) is 0 Å². The van der Waals surface area contributed by atoms with Crippen LogP contribution in [0.25, 0.3) is 10.8 Å². The summed E-state index contributed by atoms with van der Waals surface area (Å²) in [6.45, 7) is 7.16. The van der Waals surface area contributed by atoms with Crippen LogP contribution >= 0.6 is 11.3 Å². The van der Waals surface area contributed by atoms with E-state index in [9.17, 15) is 9.59 Å². The smallest absolute Gasteiger partial charge is 0.254 e. The summed E-state index contributed by atoms with van der Waals surface area (Å²) in [5.74, 6) is -0.267. The molecule has 0 aliphatic heterocycles. The van der Waals surface area contributed by atoms with E-state index in [0.29, 0.717) is 25.2 Å². The highest BCUT2D eigenvalue weighted by molar-refractivity contribution is 7.11. The van der Waals surface area contributed by atoms with E-state index in [1.807, 2.05) is 77.7 Å². The first kappa shape index (κ1) is 23.5. The van der Waals surface area contributed by atoms with Crippen molar-refractivity contribution in [3.63, 3.8) is 0 Å². The maximum Gasteiger partial charge on any atom is 0.254 e. The van der Waals surface area contributed by atoms with Gasteiger partial charge in [0.1, 0.15) is 6.54 Å². The van der Waals surface area contributed by atoms with Gasteiger partial charge in [0.05, 0.1) is 6.54 Å². The minimum Gasteiger partial charge on any atom is -0.332 e. The Balaban J connectivity index is 1.55. The molecule has 0 unspecified atom stereocenters. The molecule has 3 aromatic carbocycles. The number of hydrogen-bond donors (Lipinski definition) is 0. The number of carbonyl (C=O) groups is 2. The molecule has 0 aliphatic carbocycles. The van der Waals surface area contributed by atoms with E-state index in [2.05, 4.69) is 25.6 Å². The van der Waals surface area contributed by atoms with Gasteiger partial charge in [-0.2, -0.15) is 0 Å². The maximum absolute atomic E-state index is 13.5. The number of amides is 2. The van der Waals surface area contributed by atoms with Crippen molar-refractivity contribution in [1.29, 1.82) is 0 Å². The second-order valence-corrected chi connectivity index (χ2v) is 9.66. The third kappa shape index (κ3) is 5.80. The zero-order valence-corrected chi connectivity index (χ0v) is 20.1. The number of thiophene rings is 1. The lowest BCUT2D eigenvalue weighted by atomic mass is 10.1. The monoisotopic (exact) mass is 468 g/mol. The number of rotatable bonds is 9. The van der Waals surface area contributed by atoms with Gasteiger partial charge in [0.15, 0.2) is 0 Å². The fourth-order valence-corrected chi connectivity index (χ4v) is 4.84. The summed E-state index contributed by atoms with van der Waals surface area (Å²) in [6.07, 6.45) is 1.66. The maximum atomic E-state index is 13.5. The fraction of sp³-hybridized carbons (Fsp3) is 0.172. The Morgan fingerprint density at radius 3 is 2.29 bits per heavy atom. The molecule has 0 saturated heterocycles. The topological polar surface area (TPSA) is 40.6 Å². The van der Waals surface area contributed by atoms with E-state index in [4.69, 9.17) is 0 Å². The molecule has 2 amide bonds. The third-order valence-corrected chi connectivity index (χ3v) is 6.66. The van der Waals surface area contributed by atoms with Crippen LogP contribution in [0.4, 0.5) is 0 Å². The molecule has 1 aromatic heterocycles. The quantitative estimate of drug-likeness (QED) is 0.280. The van der Waals surface area contributed by atoms with Crippen LogP contribution in [0.15, 0.2) is 97.6 Å². The van der Waals surface area contributed by atoms with Crippen LogP contribution in [-0.2, 0) is 17.9 Å². The van der Waals surface area contributed by atoms with E-state index >= 15 is 0 Å². The molecule has 4 rings (SSSR count). The minimum absolute atomic E-state index is 0.00509. The molecule has 0 atom stereocenters. The van der Waals surface area contributed by atoms with Crippen molar-refractivity contribution in [1.82, 2.24) is 9.80 Å². The fourth-order valence-electron chi connectivity index (χ4n) is 3.94. The third-order valence-electron chi connectivity index (χ3n) is 5.67. The van der Waals surface area contributed by atoms with E-state index in [1.165, 1.54) is 4.88 Å². The molecular formula is C29H28N2O2S. The molecule has 4 aromatic rings. The number of carbonyl (C=O) groups excluding carboxylic acids is 2. The molecule has 0 bridgehead atoms. The van der Waals surface area contributed by atoms with Gasteiger partial charge in [-0.05, 0) is 47.5 Å². The van der Waals surface area contributed by atoms with Gasteiger partial charge >= 0.3 is 0 Å². The van der Waals surface area contributed by atoms with Crippen molar-refractivity contribution >= 4 is 33.9 Å². The molecule has 0 fully saturated rings. The predicted molar refractivity (Wildman–Crippen MR) is 140 cm³/mol. The average Bonchev–Trinajstić information content (AvgIpc) is 3.27. The Hall–Kier alpha value is -3.70. The molecule has 4 nitrogen and oxygen atoms in total. The van der Waals surface area contributed by atoms with Crippen molar-refractivity contribution in [2.24, 2.45) is 0 Å². The zero-order valence-electron chi connectivity index (χ0n) is 19.3. The molecule has 1 heterocycles. The average molecular weight is 469 g/mol. The summed E-state index contributed by atoms with van der Waals surface area (Å²) < 4.78 is 0. The number of hydrogen-bond acceptors (Lipinski definition) is 3. The molecule has 0 aliphatic rings. The first-order valence-corrected chi connectivity index (χ1v) is 12.1. The highest BCUT2D eigenvalue weighted by atomic mass is 32.1. The number of aryl methyl sites for hydroxylation is 1. The summed E-state index contributed by atoms with van der Waals surface area (Å²) in [6, 6.07) is 27.6. The highest BCUT2D eigenvalue weighted by Gasteiger charge is 2.22. The summed E-state index contributed by atoms with van der Waals surface area (Å²) in [5, 5.41) is 2.07. The first-order valence-electron chi connectivity index (χ1n) is 11.3. The first-order chi connectivity index (χ1) is 16.5. The zero-order chi connectivity index (χ0) is 23.9. The molecule has 34 heavy (non-hydrogen) atoms. The van der Waals surface area contributed by atoms with Gasteiger partial charge in [0.25, 0.3) is 5.91 Å². The largest absolute Gasteiger partial charge is 0.332 e. The SMILES string of the molecule is C=CCN(CC(=O)N(Cc1ccccc1)Cc1ccc(C)s1)C(=O)c1ccc2ccccc2c1. The van der Waals surface area contributed by atoms with Gasteiger partial charge in [-0.25, -0.2) is 0 Å². The van der Waals surface area contributed by atoms with Gasteiger partial charge in [-0.3, -0.25) is 9.59 Å². The van der Waals surface area contributed by atoms with Crippen LogP contribution in [-0.4, -0.2) is 34.7 Å². The Morgan fingerprint density at radius 2 is 1.59 bits per heavy atom. The van der Waals surface area contributed by atoms with Gasteiger partial charge in [-0.15, -0.1) is 17.9 Å². The Kier molecular flexibility index (Phi) is 7.55. The summed E-state index contributed by atoms with van der Waals surface area (Å²) in [7, 11) is 0. The highest BCUT2D eigenvalue weighted by Crippen LogP contribution is 2.20. The van der Waals surface area contributed by atoms with E-state index < -0.39 is 0 Å². The van der Waals surface area contributed by atoms with Crippen molar-refractivity contribution in [2.75, 3.05) is 13.1 Å². The van der Waals surface area contributed by atoms with Crippen LogP contribution in [0.1, 0.15) is 25.7 Å². The standard InChI is InChI=1S/C29H28N2O2S/c1-3-17-30(29(33)26-15-14-24-11-7-8-12-25(24)18-26)21-28(32)31(19-23-9-5-4-6-10-23)20-27-16-13-22(2)34-27/h3-16,18H,1,17,19-21H2,2H3. The molecule has 0 spiro atoms. The summed E-state index contributed by atoms with van der Waals surface area (Å²) in [5.41, 5.74) is 1.62. The Labute approximate surface area is 204 Å². The molecule has 5 heteroatoms. The minimum atomic E-state index is -0.175. The number of fused-ring (bicyclic) bond motifs is 1. The summed E-state index contributed by atoms with van der Waals surface area (Å²) >= 11 is 1.69. The number of benzene rings is 3. The van der Waals surface area contributed by atoms with Crippen LogP contribution in [0.2, 0.25) is 0 Å². The number of nitrogens with zero attached hydrogens (tertiary/aromatic N) is 2. The Morgan fingerprint density at radius 1 is 0.853 bits per heavy atom. The predicted octanol–water partition coefficient (Wildman–Crippen LogP) is 6.07. The van der Waals surface area contributed by atoms with Crippen LogP contribution in [0, 0.1) is 6.92 Å². The summed E-state index contributed by atoms with van der Waals surface area (Å²) in [4.78, 5) is 32.6. The van der Waals surface area contributed by atoms with Crippen LogP contribution < -0.4 is 0 Å². The van der Waals surface area contributed by atoms with Gasteiger partial charge in [0.2, 0.25) is 5.91 Å². The second kappa shape index (κ2) is 10.9. The van der Waals surface area contributed by atoms with Gasteiger partial charge < -0.3 is 9.80 Å². The van der Waals surface area contributed by atoms with Crippen LogP contribution in [0.3, 0.4) is 0 Å². The van der Waals surface area contributed by atoms with Crippen molar-refractivity contribution in [3.05, 3.63) is 118 Å². The molecule has 0 saturated carbocycles. The van der Waals surface area contributed by atoms with Crippen LogP contribution in [0.5, 0.6) is 0 Å². The Bertz CT molecular complexity index is 1300. The second-order valence-electron chi connectivity index (χ2n) is 8.28. The lowest BCUT2D eigenvalue weighted by Gasteiger charge is -2.27. The molecule has 0 N–H and O–H groups in total. The normalized spacial score (nSPS) is 10.7. The lowest BCUT2D eigenvalue weighted by molar-refractivity contribution is -0.133. The van der Waals surface area contributed by atoms with E-state index in [0.717, 1.165) is 21.2 Å². The van der Waals surface area contributed by atoms with Gasteiger partial charge in [-0.1, -0.05) is 66.7 Å². The lowest BCUT2D eigenvalue weighted by Crippen LogP contribution is -2.42. The molecular weight excluding hydrogens is 440 g/mol. The molecule has 0 radical (unpaired) electrons. The van der Waals surface area contributed by atoms with Crippen molar-refractivity contribution < 1.29 is 9.59 Å². The van der Waals surface area contributed by atoms with Gasteiger partial charge in [0, 0.05) is 28.4 Å². The molecule has 172 valence electrons. The van der Waals surface area contributed by atoms with E-state index in [-0.39, 0.29) is 18.4 Å². The van der Waals surface area contributed by atoms with Crippen molar-refractivity contribution in [2.45, 2.75) is 20.0 Å². The van der Waals surface area contributed by atoms with E-state index in [1.54, 1.807) is 22.3 Å².